The molecule has 4 nitrogen and oxygen atoms in total. The molecule has 0 aliphatic carbocycles. The van der Waals surface area contributed by atoms with Crippen molar-refractivity contribution < 1.29 is 17.2 Å². The summed E-state index contributed by atoms with van der Waals surface area (Å²) in [5.74, 6) is -0.579. The minimum absolute atomic E-state index is 0. The number of esters is 1. The molecule has 0 atom stereocenters. The molecule has 0 aromatic heterocycles. The van der Waals surface area contributed by atoms with Gasteiger partial charge in [0.2, 0.25) is 0 Å². The van der Waals surface area contributed by atoms with Crippen LogP contribution in [0.15, 0.2) is 0 Å². The van der Waals surface area contributed by atoms with Gasteiger partial charge in [0.15, 0.2) is 0 Å². The van der Waals surface area contributed by atoms with Gasteiger partial charge in [-0.1, -0.05) is 0 Å². The van der Waals surface area contributed by atoms with Crippen molar-refractivity contribution in [3.05, 3.63) is 0 Å². The van der Waals surface area contributed by atoms with Gasteiger partial charge in [-0.2, -0.15) is 0 Å². The molecule has 0 saturated carbocycles. The van der Waals surface area contributed by atoms with Gasteiger partial charge in [0.05, 0.1) is 0 Å². The number of ether oxygens (including phenoxy) is 1. The van der Waals surface area contributed by atoms with Crippen LogP contribution < -0.4 is 6.15 Å². The summed E-state index contributed by atoms with van der Waals surface area (Å²) in [6.07, 6.45) is 0. The van der Waals surface area contributed by atoms with Crippen LogP contribution in [0.2, 0.25) is 0 Å². The van der Waals surface area contributed by atoms with Gasteiger partial charge in [-0.15, -0.1) is 0 Å². The molecule has 3 N–H and O–H groups in total. The molecule has 0 aromatic rings. The second-order valence-electron chi connectivity index (χ2n) is 0.706. The normalized spacial score (nSPS) is 5.12. The standard InChI is InChI=1S/C3H4O3.Ca.H3N.2H/c1-3(5)6-2-4;;;;/h2H,1H3;;1H3;;/q;+2;;2*-1. The van der Waals surface area contributed by atoms with Gasteiger partial charge >= 0.3 is 50.2 Å². The average Bonchev–Trinajstić information content (AvgIpc) is 1.35. The van der Waals surface area contributed by atoms with E-state index in [4.69, 9.17) is 0 Å². The van der Waals surface area contributed by atoms with Crippen molar-refractivity contribution in [1.82, 2.24) is 6.15 Å². The van der Waals surface area contributed by atoms with Crippen molar-refractivity contribution in [3.8, 4) is 0 Å². The van der Waals surface area contributed by atoms with Crippen molar-refractivity contribution in [2.45, 2.75) is 6.92 Å². The number of hydrogen-bond acceptors (Lipinski definition) is 4. The summed E-state index contributed by atoms with van der Waals surface area (Å²) in [6.45, 7) is 1.26. The minimum atomic E-state index is -0.579. The second-order valence-corrected chi connectivity index (χ2v) is 0.706. The molecule has 5 heteroatoms. The molecule has 46 valence electrons. The summed E-state index contributed by atoms with van der Waals surface area (Å²) in [4.78, 5) is 18.8. The molecule has 0 bridgehead atoms. The SMILES string of the molecule is CC(=O)OC=O.N.[Ca+2].[H-].[H-]. The molecule has 0 aliphatic heterocycles. The Bertz CT molecular complexity index is 82.1. The second kappa shape index (κ2) is 10.4. The molecule has 0 saturated heterocycles. The smallest absolute Gasteiger partial charge is 1.00 e. The summed E-state index contributed by atoms with van der Waals surface area (Å²) in [6, 6.07) is 0. The van der Waals surface area contributed by atoms with Crippen LogP contribution in [0, 0.1) is 0 Å². The molecule has 0 radical (unpaired) electrons. The summed E-state index contributed by atoms with van der Waals surface area (Å²) in [5, 5.41) is 0. The summed E-state index contributed by atoms with van der Waals surface area (Å²) < 4.78 is 3.72. The topological polar surface area (TPSA) is 78.4 Å². The van der Waals surface area contributed by atoms with E-state index in [-0.39, 0.29) is 53.2 Å². The molecular weight excluding hydrogens is 138 g/mol. The monoisotopic (exact) mass is 147 g/mol. The fourth-order valence-corrected chi connectivity index (χ4v) is 0.0678. The van der Waals surface area contributed by atoms with Gasteiger partial charge in [0, 0.05) is 6.92 Å². The molecule has 0 unspecified atom stereocenters. The Balaban J connectivity index is -0.0000000208. The first-order valence-electron chi connectivity index (χ1n) is 1.38. The number of hydrogen-bond donors (Lipinski definition) is 1. The first kappa shape index (κ1) is 15.8. The zero-order valence-electron chi connectivity index (χ0n) is 6.72. The summed E-state index contributed by atoms with van der Waals surface area (Å²) >= 11 is 0. The maximum absolute atomic E-state index is 9.59. The van der Waals surface area contributed by atoms with Gasteiger partial charge in [0.1, 0.15) is 0 Å². The van der Waals surface area contributed by atoms with Crippen LogP contribution in [-0.4, -0.2) is 50.2 Å². The fraction of sp³-hybridized carbons (Fsp3) is 0.333. The third-order valence-electron chi connectivity index (χ3n) is 0.214. The Morgan fingerprint density at radius 1 is 1.75 bits per heavy atom. The van der Waals surface area contributed by atoms with Crippen LogP contribution in [0.5, 0.6) is 0 Å². The van der Waals surface area contributed by atoms with Gasteiger partial charge in [-0.3, -0.25) is 9.59 Å². The van der Waals surface area contributed by atoms with Crippen molar-refractivity contribution in [2.24, 2.45) is 0 Å². The van der Waals surface area contributed by atoms with Gasteiger partial charge in [-0.25, -0.2) is 0 Å². The van der Waals surface area contributed by atoms with Crippen molar-refractivity contribution >= 4 is 50.2 Å². The zero-order valence-corrected chi connectivity index (χ0v) is 6.92. The maximum atomic E-state index is 9.59. The Morgan fingerprint density at radius 2 is 2.12 bits per heavy atom. The number of carbonyl (C=O) groups excluding carboxylic acids is 2. The third kappa shape index (κ3) is 16.2. The van der Waals surface area contributed by atoms with Crippen molar-refractivity contribution in [2.75, 3.05) is 0 Å². The van der Waals surface area contributed by atoms with E-state index in [1.54, 1.807) is 0 Å². The van der Waals surface area contributed by atoms with E-state index >= 15 is 0 Å². The van der Waals surface area contributed by atoms with Crippen LogP contribution in [0.4, 0.5) is 0 Å². The quantitative estimate of drug-likeness (QED) is 0.239. The van der Waals surface area contributed by atoms with Crippen LogP contribution in [0.1, 0.15) is 9.78 Å². The van der Waals surface area contributed by atoms with E-state index in [0.717, 1.165) is 6.92 Å². The molecule has 0 heterocycles. The first-order valence-corrected chi connectivity index (χ1v) is 1.38. The molecule has 0 aromatic carbocycles. The molecule has 0 rings (SSSR count). The van der Waals surface area contributed by atoms with Crippen molar-refractivity contribution in [1.29, 1.82) is 0 Å². The van der Waals surface area contributed by atoms with E-state index in [1.807, 2.05) is 0 Å². The van der Waals surface area contributed by atoms with Crippen LogP contribution in [0.3, 0.4) is 0 Å². The largest absolute Gasteiger partial charge is 2.00 e. The summed E-state index contributed by atoms with van der Waals surface area (Å²) in [5.41, 5.74) is 0. The zero-order chi connectivity index (χ0) is 4.99. The van der Waals surface area contributed by atoms with E-state index in [0.29, 0.717) is 0 Å². The van der Waals surface area contributed by atoms with Crippen LogP contribution in [0.25, 0.3) is 0 Å². The predicted molar refractivity (Wildman–Crippen MR) is 30.8 cm³/mol. The molecule has 0 fully saturated rings. The van der Waals surface area contributed by atoms with Crippen LogP contribution in [-0.2, 0) is 14.3 Å². The Labute approximate surface area is 80.1 Å². The Hall–Kier alpha value is 0.360. The van der Waals surface area contributed by atoms with Crippen molar-refractivity contribution in [3.63, 3.8) is 0 Å². The number of carbonyl (C=O) groups is 2. The summed E-state index contributed by atoms with van der Waals surface area (Å²) in [7, 11) is 0. The van der Waals surface area contributed by atoms with Gasteiger partial charge in [-0.05, 0) is 0 Å². The maximum Gasteiger partial charge on any atom is 2.00 e. The minimum Gasteiger partial charge on any atom is -1.00 e. The first-order chi connectivity index (χ1) is 2.77. The molecule has 0 spiro atoms. The van der Waals surface area contributed by atoms with E-state index in [9.17, 15) is 9.59 Å². The Kier molecular flexibility index (Phi) is 20.4. The predicted octanol–water partition coefficient (Wildman–Crippen LogP) is -0.288. The van der Waals surface area contributed by atoms with Gasteiger partial charge < -0.3 is 13.7 Å². The Morgan fingerprint density at radius 3 is 2.12 bits per heavy atom. The average molecular weight is 147 g/mol. The fourth-order valence-electron chi connectivity index (χ4n) is 0.0678. The van der Waals surface area contributed by atoms with Gasteiger partial charge in [0.25, 0.3) is 0 Å². The molecule has 0 amide bonds. The van der Waals surface area contributed by atoms with E-state index < -0.39 is 5.97 Å². The van der Waals surface area contributed by atoms with E-state index in [1.165, 1.54) is 0 Å². The number of rotatable bonds is 1. The van der Waals surface area contributed by atoms with Crippen LogP contribution >= 0.6 is 0 Å². The molecular formula is C3H9CaNO3. The molecule has 8 heavy (non-hydrogen) atoms. The van der Waals surface area contributed by atoms with E-state index in [2.05, 4.69) is 4.74 Å². The third-order valence-corrected chi connectivity index (χ3v) is 0.214. The molecule has 0 aliphatic rings.